The molecular formula is C15H19F4N. The summed E-state index contributed by atoms with van der Waals surface area (Å²) in [5.74, 6) is -0.842. The number of hydrogen-bond donors (Lipinski definition) is 1. The van der Waals surface area contributed by atoms with Crippen molar-refractivity contribution in [3.8, 4) is 0 Å². The smallest absolute Gasteiger partial charge is 0.307 e. The zero-order valence-corrected chi connectivity index (χ0v) is 11.5. The first kappa shape index (κ1) is 15.3. The predicted molar refractivity (Wildman–Crippen MR) is 69.7 cm³/mol. The lowest BCUT2D eigenvalue weighted by molar-refractivity contribution is -0.137. The first-order chi connectivity index (χ1) is 9.28. The third-order valence-electron chi connectivity index (χ3n) is 3.96. The summed E-state index contributed by atoms with van der Waals surface area (Å²) >= 11 is 0. The fourth-order valence-electron chi connectivity index (χ4n) is 2.74. The normalized spacial score (nSPS) is 19.1. The Balaban J connectivity index is 2.07. The van der Waals surface area contributed by atoms with Gasteiger partial charge in [0.05, 0.1) is 5.56 Å². The second-order valence-electron chi connectivity index (χ2n) is 5.82. The lowest BCUT2D eigenvalue weighted by Crippen LogP contribution is -2.43. The summed E-state index contributed by atoms with van der Waals surface area (Å²) in [6, 6.07) is 2.71. The molecule has 0 bridgehead atoms. The van der Waals surface area contributed by atoms with Crippen molar-refractivity contribution in [2.45, 2.75) is 57.3 Å². The molecule has 2 rings (SSSR count). The molecule has 20 heavy (non-hydrogen) atoms. The van der Waals surface area contributed by atoms with Crippen LogP contribution in [0.2, 0.25) is 0 Å². The van der Waals surface area contributed by atoms with Gasteiger partial charge in [-0.1, -0.05) is 19.3 Å². The summed E-state index contributed by atoms with van der Waals surface area (Å²) in [7, 11) is 0. The molecule has 1 aromatic rings. The van der Waals surface area contributed by atoms with E-state index in [1.165, 1.54) is 6.42 Å². The molecule has 1 fully saturated rings. The Morgan fingerprint density at radius 3 is 2.35 bits per heavy atom. The molecule has 0 atom stereocenters. The van der Waals surface area contributed by atoms with Crippen LogP contribution in [0.1, 0.15) is 50.2 Å². The molecule has 0 aliphatic heterocycles. The first-order valence-electron chi connectivity index (χ1n) is 6.90. The van der Waals surface area contributed by atoms with Crippen LogP contribution in [0.5, 0.6) is 0 Å². The second kappa shape index (κ2) is 5.72. The van der Waals surface area contributed by atoms with E-state index in [0.29, 0.717) is 11.6 Å². The zero-order valence-electron chi connectivity index (χ0n) is 11.5. The summed E-state index contributed by atoms with van der Waals surface area (Å²) in [5, 5.41) is 3.29. The fourth-order valence-corrected chi connectivity index (χ4v) is 2.74. The molecule has 0 aromatic heterocycles. The molecule has 0 amide bonds. The first-order valence-corrected chi connectivity index (χ1v) is 6.90. The molecule has 0 saturated heterocycles. The van der Waals surface area contributed by atoms with E-state index >= 15 is 0 Å². The van der Waals surface area contributed by atoms with Gasteiger partial charge in [-0.3, -0.25) is 0 Å². The number of halogens is 4. The van der Waals surface area contributed by atoms with E-state index in [0.717, 1.165) is 37.8 Å². The van der Waals surface area contributed by atoms with Gasteiger partial charge in [-0.15, -0.1) is 0 Å². The third-order valence-corrected chi connectivity index (χ3v) is 3.96. The van der Waals surface area contributed by atoms with E-state index in [4.69, 9.17) is 0 Å². The van der Waals surface area contributed by atoms with Crippen LogP contribution in [0, 0.1) is 5.82 Å². The monoisotopic (exact) mass is 289 g/mol. The molecule has 1 N–H and O–H groups in total. The lowest BCUT2D eigenvalue weighted by atomic mass is 9.83. The van der Waals surface area contributed by atoms with Crippen LogP contribution in [-0.4, -0.2) is 5.54 Å². The fraction of sp³-hybridized carbons (Fsp3) is 0.600. The Labute approximate surface area is 116 Å². The van der Waals surface area contributed by atoms with Crippen LogP contribution < -0.4 is 5.32 Å². The predicted octanol–water partition coefficient (Wildman–Crippen LogP) is 4.66. The van der Waals surface area contributed by atoms with Gasteiger partial charge < -0.3 is 5.32 Å². The Morgan fingerprint density at radius 2 is 1.75 bits per heavy atom. The van der Waals surface area contributed by atoms with Gasteiger partial charge in [0.25, 0.3) is 0 Å². The highest BCUT2D eigenvalue weighted by Crippen LogP contribution is 2.31. The topological polar surface area (TPSA) is 12.0 Å². The van der Waals surface area contributed by atoms with Gasteiger partial charge in [-0.05, 0) is 43.5 Å². The van der Waals surface area contributed by atoms with Crippen molar-refractivity contribution in [3.05, 3.63) is 35.1 Å². The van der Waals surface area contributed by atoms with E-state index < -0.39 is 17.6 Å². The largest absolute Gasteiger partial charge is 0.416 e. The molecule has 0 heterocycles. The van der Waals surface area contributed by atoms with Crippen molar-refractivity contribution in [2.75, 3.05) is 0 Å². The molecular weight excluding hydrogens is 270 g/mol. The highest BCUT2D eigenvalue weighted by molar-refractivity contribution is 5.27. The van der Waals surface area contributed by atoms with Gasteiger partial charge in [0.1, 0.15) is 5.82 Å². The number of alkyl halides is 3. The summed E-state index contributed by atoms with van der Waals surface area (Å²) in [6.07, 6.45) is 0.963. The van der Waals surface area contributed by atoms with Gasteiger partial charge in [0.2, 0.25) is 0 Å². The lowest BCUT2D eigenvalue weighted by Gasteiger charge is -2.35. The van der Waals surface area contributed by atoms with Crippen LogP contribution in [0.25, 0.3) is 0 Å². The van der Waals surface area contributed by atoms with Crippen LogP contribution in [0.3, 0.4) is 0 Å². The Bertz CT molecular complexity index is 461. The maximum Gasteiger partial charge on any atom is 0.416 e. The minimum Gasteiger partial charge on any atom is -0.307 e. The molecule has 1 nitrogen and oxygen atoms in total. The van der Waals surface area contributed by atoms with Crippen LogP contribution in [-0.2, 0) is 12.7 Å². The third kappa shape index (κ3) is 3.95. The molecule has 1 saturated carbocycles. The zero-order chi connectivity index (χ0) is 14.8. The molecule has 1 aromatic carbocycles. The van der Waals surface area contributed by atoms with Crippen molar-refractivity contribution in [2.24, 2.45) is 0 Å². The second-order valence-corrected chi connectivity index (χ2v) is 5.82. The number of rotatable bonds is 3. The summed E-state index contributed by atoms with van der Waals surface area (Å²) in [6.45, 7) is 2.34. The van der Waals surface area contributed by atoms with Gasteiger partial charge in [0.15, 0.2) is 0 Å². The van der Waals surface area contributed by atoms with Crippen molar-refractivity contribution in [3.63, 3.8) is 0 Å². The maximum absolute atomic E-state index is 13.3. The van der Waals surface area contributed by atoms with E-state index in [1.54, 1.807) is 0 Å². The highest BCUT2D eigenvalue weighted by Gasteiger charge is 2.31. The summed E-state index contributed by atoms with van der Waals surface area (Å²) < 4.78 is 51.2. The van der Waals surface area contributed by atoms with E-state index in [-0.39, 0.29) is 12.1 Å². The average molecular weight is 289 g/mol. The number of nitrogens with one attached hydrogen (secondary N) is 1. The molecule has 0 spiro atoms. The van der Waals surface area contributed by atoms with Crippen molar-refractivity contribution >= 4 is 0 Å². The van der Waals surface area contributed by atoms with Crippen molar-refractivity contribution < 1.29 is 17.6 Å². The van der Waals surface area contributed by atoms with E-state index in [9.17, 15) is 17.6 Å². The van der Waals surface area contributed by atoms with Gasteiger partial charge >= 0.3 is 6.18 Å². The van der Waals surface area contributed by atoms with Crippen LogP contribution in [0.4, 0.5) is 17.6 Å². The molecule has 0 radical (unpaired) electrons. The summed E-state index contributed by atoms with van der Waals surface area (Å²) in [4.78, 5) is 0. The molecule has 1 aliphatic rings. The summed E-state index contributed by atoms with van der Waals surface area (Å²) in [5.41, 5.74) is -0.643. The van der Waals surface area contributed by atoms with Gasteiger partial charge in [0, 0.05) is 12.1 Å². The van der Waals surface area contributed by atoms with Gasteiger partial charge in [-0.2, -0.15) is 13.2 Å². The van der Waals surface area contributed by atoms with E-state index in [2.05, 4.69) is 12.2 Å². The minimum atomic E-state index is -4.51. The van der Waals surface area contributed by atoms with Crippen LogP contribution >= 0.6 is 0 Å². The van der Waals surface area contributed by atoms with Crippen molar-refractivity contribution in [1.29, 1.82) is 0 Å². The Hall–Kier alpha value is -1.10. The molecule has 5 heteroatoms. The number of benzene rings is 1. The molecule has 1 aliphatic carbocycles. The maximum atomic E-state index is 13.3. The SMILES string of the molecule is CC1(NCc2cc(F)cc(C(F)(F)F)c2)CCCCC1. The number of hydrogen-bond acceptors (Lipinski definition) is 1. The Kier molecular flexibility index (Phi) is 4.37. The van der Waals surface area contributed by atoms with Crippen LogP contribution in [0.15, 0.2) is 18.2 Å². The molecule has 112 valence electrons. The quantitative estimate of drug-likeness (QED) is 0.798. The average Bonchev–Trinajstić information content (AvgIpc) is 2.36. The van der Waals surface area contributed by atoms with Crippen molar-refractivity contribution in [1.82, 2.24) is 5.32 Å². The standard InChI is InChI=1S/C15H19F4N/c1-14(5-3-2-4-6-14)20-10-11-7-12(15(17,18)19)9-13(16)8-11/h7-9,20H,2-6,10H2,1H3. The minimum absolute atomic E-state index is 0.0526. The Morgan fingerprint density at radius 1 is 1.10 bits per heavy atom. The molecule has 0 unspecified atom stereocenters. The van der Waals surface area contributed by atoms with E-state index in [1.807, 2.05) is 0 Å². The van der Waals surface area contributed by atoms with Gasteiger partial charge in [-0.25, -0.2) is 4.39 Å². The highest BCUT2D eigenvalue weighted by atomic mass is 19.4.